The Morgan fingerprint density at radius 2 is 2.14 bits per heavy atom. The molecule has 0 spiro atoms. The van der Waals surface area contributed by atoms with Gasteiger partial charge in [0.1, 0.15) is 5.82 Å². The second kappa shape index (κ2) is 7.73. The van der Waals surface area contributed by atoms with Crippen molar-refractivity contribution in [2.24, 2.45) is 28.3 Å². The average molecular weight is 400 g/mol. The summed E-state index contributed by atoms with van der Waals surface area (Å²) in [5.74, 6) is 1.63. The van der Waals surface area contributed by atoms with Crippen LogP contribution in [0.5, 0.6) is 0 Å². The van der Waals surface area contributed by atoms with E-state index < -0.39 is 0 Å². The Kier molecular flexibility index (Phi) is 5.43. The van der Waals surface area contributed by atoms with Crippen molar-refractivity contribution in [3.8, 4) is 0 Å². The minimum absolute atomic E-state index is 0.0147. The number of halogens is 1. The number of hydrogen-bond acceptors (Lipinski definition) is 2. The monoisotopic (exact) mass is 399 g/mol. The number of carbonyl (C=O) groups is 1. The quantitative estimate of drug-likeness (QED) is 0.693. The minimum atomic E-state index is -0.238. The molecular weight excluding hydrogens is 365 g/mol. The summed E-state index contributed by atoms with van der Waals surface area (Å²) in [6.45, 7) is 9.66. The largest absolute Gasteiger partial charge is 0.338 e. The van der Waals surface area contributed by atoms with Crippen LogP contribution in [0.4, 0.5) is 9.18 Å². The Labute approximate surface area is 173 Å². The van der Waals surface area contributed by atoms with E-state index in [9.17, 15) is 9.18 Å². The number of urea groups is 1. The lowest BCUT2D eigenvalue weighted by atomic mass is 9.45. The van der Waals surface area contributed by atoms with Crippen LogP contribution < -0.4 is 5.32 Å². The first kappa shape index (κ1) is 20.4. The van der Waals surface area contributed by atoms with Crippen molar-refractivity contribution in [1.29, 1.82) is 0 Å². The van der Waals surface area contributed by atoms with Gasteiger partial charge in [0, 0.05) is 17.7 Å². The summed E-state index contributed by atoms with van der Waals surface area (Å²) in [7, 11) is 0. The molecule has 3 aliphatic carbocycles. The number of benzene rings is 1. The average Bonchev–Trinajstić information content (AvgIpc) is 3.11. The molecule has 4 aliphatic rings. The molecule has 1 unspecified atom stereocenters. The highest BCUT2D eigenvalue weighted by Crippen LogP contribution is 2.61. The van der Waals surface area contributed by atoms with Gasteiger partial charge < -0.3 is 5.32 Å². The third-order valence-electron chi connectivity index (χ3n) is 7.94. The second-order valence-corrected chi connectivity index (χ2v) is 9.90. The molecule has 1 aromatic rings. The van der Waals surface area contributed by atoms with Crippen LogP contribution in [0.3, 0.4) is 0 Å². The first-order chi connectivity index (χ1) is 13.8. The van der Waals surface area contributed by atoms with E-state index in [1.54, 1.807) is 17.1 Å². The van der Waals surface area contributed by atoms with Crippen molar-refractivity contribution in [2.45, 2.75) is 71.8 Å². The SMILES string of the molecule is CCCCC1=NN(C(=O)N[C@@H]2C[C@@H]3C[C@H]([C@H]2C)C3(C)C)CC1c1cccc(F)c1. The van der Waals surface area contributed by atoms with Gasteiger partial charge in [-0.05, 0) is 66.5 Å². The number of rotatable bonds is 5. The molecule has 5 rings (SSSR count). The van der Waals surface area contributed by atoms with Gasteiger partial charge in [-0.15, -0.1) is 0 Å². The fourth-order valence-electron chi connectivity index (χ4n) is 5.85. The molecule has 0 radical (unpaired) electrons. The number of hydrazone groups is 1. The van der Waals surface area contributed by atoms with E-state index in [1.807, 2.05) is 6.07 Å². The third kappa shape index (κ3) is 3.69. The number of unbranched alkanes of at least 4 members (excludes halogenated alkanes) is 1. The molecule has 158 valence electrons. The zero-order valence-corrected chi connectivity index (χ0v) is 18.1. The lowest BCUT2D eigenvalue weighted by molar-refractivity contribution is -0.113. The van der Waals surface area contributed by atoms with Crippen molar-refractivity contribution in [2.75, 3.05) is 6.54 Å². The predicted octanol–water partition coefficient (Wildman–Crippen LogP) is 5.55. The Morgan fingerprint density at radius 3 is 2.79 bits per heavy atom. The number of fused-ring (bicyclic) bond motifs is 2. The maximum atomic E-state index is 13.8. The van der Waals surface area contributed by atoms with Gasteiger partial charge in [-0.1, -0.05) is 46.2 Å². The van der Waals surface area contributed by atoms with Gasteiger partial charge in [-0.3, -0.25) is 0 Å². The number of carbonyl (C=O) groups excluding carboxylic acids is 1. The topological polar surface area (TPSA) is 44.7 Å². The summed E-state index contributed by atoms with van der Waals surface area (Å²) >= 11 is 0. The van der Waals surface area contributed by atoms with Crippen LogP contribution in [0, 0.1) is 29.0 Å². The fraction of sp³-hybridized carbons (Fsp3) is 0.667. The molecule has 1 aromatic carbocycles. The summed E-state index contributed by atoms with van der Waals surface area (Å²) in [4.78, 5) is 13.0. The van der Waals surface area contributed by atoms with Gasteiger partial charge in [0.05, 0.1) is 6.54 Å². The van der Waals surface area contributed by atoms with Crippen LogP contribution in [-0.2, 0) is 0 Å². The Balaban J connectivity index is 1.45. The van der Waals surface area contributed by atoms with E-state index in [0.717, 1.165) is 37.0 Å². The molecule has 1 heterocycles. The highest BCUT2D eigenvalue weighted by atomic mass is 19.1. The van der Waals surface area contributed by atoms with E-state index in [4.69, 9.17) is 0 Å². The van der Waals surface area contributed by atoms with Crippen molar-refractivity contribution < 1.29 is 9.18 Å². The van der Waals surface area contributed by atoms with Crippen LogP contribution in [-0.4, -0.2) is 29.3 Å². The summed E-state index contributed by atoms with van der Waals surface area (Å²) in [5.41, 5.74) is 2.31. The Hall–Kier alpha value is -1.91. The van der Waals surface area contributed by atoms with Crippen LogP contribution >= 0.6 is 0 Å². The molecular formula is C24H34FN3O. The van der Waals surface area contributed by atoms with Crippen molar-refractivity contribution in [3.05, 3.63) is 35.6 Å². The van der Waals surface area contributed by atoms with Crippen molar-refractivity contribution >= 4 is 11.7 Å². The number of nitrogens with one attached hydrogen (secondary N) is 1. The Morgan fingerprint density at radius 1 is 1.34 bits per heavy atom. The molecule has 5 atom stereocenters. The van der Waals surface area contributed by atoms with E-state index in [-0.39, 0.29) is 23.8 Å². The molecule has 1 aliphatic heterocycles. The zero-order chi connectivity index (χ0) is 20.8. The maximum Gasteiger partial charge on any atom is 0.338 e. The first-order valence-corrected chi connectivity index (χ1v) is 11.2. The lowest BCUT2D eigenvalue weighted by Gasteiger charge is -2.62. The summed E-state index contributed by atoms with van der Waals surface area (Å²) < 4.78 is 13.8. The van der Waals surface area contributed by atoms with Gasteiger partial charge in [0.2, 0.25) is 0 Å². The normalized spacial score (nSPS) is 32.5. The zero-order valence-electron chi connectivity index (χ0n) is 18.1. The molecule has 3 fully saturated rings. The van der Waals surface area contributed by atoms with E-state index in [1.165, 1.54) is 12.5 Å². The molecule has 2 amide bonds. The molecule has 0 saturated heterocycles. The standard InChI is InChI=1S/C24H34FN3O/c1-5-6-10-21-19(16-8-7-9-18(25)11-16)14-28(27-21)23(29)26-22-13-17-12-20(15(22)2)24(17,3)4/h7-9,11,15,17,19-20,22H,5-6,10,12-14H2,1-4H3,(H,26,29)/t15-,17+,19?,20-,22-/m1/s1. The molecule has 4 nitrogen and oxygen atoms in total. The lowest BCUT2D eigenvalue weighted by Crippen LogP contribution is -2.61. The highest BCUT2D eigenvalue weighted by molar-refractivity contribution is 5.94. The molecule has 5 heteroatoms. The minimum Gasteiger partial charge on any atom is -0.333 e. The highest BCUT2D eigenvalue weighted by Gasteiger charge is 2.56. The molecule has 0 aromatic heterocycles. The van der Waals surface area contributed by atoms with Crippen LogP contribution in [0.15, 0.2) is 29.4 Å². The van der Waals surface area contributed by atoms with Crippen molar-refractivity contribution in [1.82, 2.24) is 10.3 Å². The fourth-order valence-corrected chi connectivity index (χ4v) is 5.85. The van der Waals surface area contributed by atoms with Crippen LogP contribution in [0.1, 0.15) is 71.3 Å². The van der Waals surface area contributed by atoms with Gasteiger partial charge in [-0.2, -0.15) is 5.10 Å². The molecule has 29 heavy (non-hydrogen) atoms. The number of hydrogen-bond donors (Lipinski definition) is 1. The van der Waals surface area contributed by atoms with E-state index in [0.29, 0.717) is 29.7 Å². The predicted molar refractivity (Wildman–Crippen MR) is 114 cm³/mol. The van der Waals surface area contributed by atoms with Crippen molar-refractivity contribution in [3.63, 3.8) is 0 Å². The number of nitrogens with zero attached hydrogens (tertiary/aromatic N) is 2. The maximum absolute atomic E-state index is 13.8. The molecule has 3 saturated carbocycles. The summed E-state index contributed by atoms with van der Waals surface area (Å²) in [5, 5.41) is 9.53. The van der Waals surface area contributed by atoms with Gasteiger partial charge >= 0.3 is 6.03 Å². The third-order valence-corrected chi connectivity index (χ3v) is 7.94. The van der Waals surface area contributed by atoms with Gasteiger partial charge in [0.25, 0.3) is 0 Å². The molecule has 2 bridgehead atoms. The van der Waals surface area contributed by atoms with Crippen LogP contribution in [0.2, 0.25) is 0 Å². The molecule has 1 N–H and O–H groups in total. The van der Waals surface area contributed by atoms with E-state index in [2.05, 4.69) is 38.1 Å². The summed E-state index contributed by atoms with van der Waals surface area (Å²) in [6, 6.07) is 6.84. The number of amides is 2. The van der Waals surface area contributed by atoms with Gasteiger partial charge in [0.15, 0.2) is 0 Å². The van der Waals surface area contributed by atoms with E-state index >= 15 is 0 Å². The summed E-state index contributed by atoms with van der Waals surface area (Å²) in [6.07, 6.45) is 5.30. The van der Waals surface area contributed by atoms with Crippen LogP contribution in [0.25, 0.3) is 0 Å². The van der Waals surface area contributed by atoms with Gasteiger partial charge in [-0.25, -0.2) is 14.2 Å². The second-order valence-electron chi connectivity index (χ2n) is 9.90. The smallest absolute Gasteiger partial charge is 0.333 e. The Bertz CT molecular complexity index is 805. The first-order valence-electron chi connectivity index (χ1n) is 11.2.